The number of amides is 1. The van der Waals surface area contributed by atoms with Crippen LogP contribution >= 0.6 is 11.6 Å². The lowest BCUT2D eigenvalue weighted by atomic mass is 10.1. The van der Waals surface area contributed by atoms with Gasteiger partial charge in [0.15, 0.2) is 5.76 Å². The van der Waals surface area contributed by atoms with Crippen molar-refractivity contribution < 1.29 is 22.5 Å². The van der Waals surface area contributed by atoms with Crippen molar-refractivity contribution in [2.75, 3.05) is 10.0 Å². The maximum absolute atomic E-state index is 12.5. The van der Waals surface area contributed by atoms with E-state index in [0.717, 1.165) is 0 Å². The first kappa shape index (κ1) is 22.2. The molecular weight excluding hydrogens is 454 g/mol. The highest BCUT2D eigenvalue weighted by Crippen LogP contribution is 2.34. The van der Waals surface area contributed by atoms with Gasteiger partial charge in [0.2, 0.25) is 10.0 Å². The average molecular weight is 476 g/mol. The van der Waals surface area contributed by atoms with Gasteiger partial charge in [0, 0.05) is 21.8 Å². The van der Waals surface area contributed by atoms with E-state index in [0.29, 0.717) is 51.8 Å². The van der Waals surface area contributed by atoms with Gasteiger partial charge in [0.1, 0.15) is 17.5 Å². The number of hydrogen-bond acceptors (Lipinski definition) is 6. The summed E-state index contributed by atoms with van der Waals surface area (Å²) in [5.74, 6) is 0.335. The third-order valence-electron chi connectivity index (χ3n) is 5.09. The fourth-order valence-electron chi connectivity index (χ4n) is 3.19. The predicted molar refractivity (Wildman–Crippen MR) is 122 cm³/mol. The van der Waals surface area contributed by atoms with Gasteiger partial charge in [-0.1, -0.05) is 35.0 Å². The molecule has 0 spiro atoms. The van der Waals surface area contributed by atoms with Crippen LogP contribution < -0.4 is 10.0 Å². The Bertz CT molecular complexity index is 1240. The highest BCUT2D eigenvalue weighted by molar-refractivity contribution is 7.93. The van der Waals surface area contributed by atoms with Gasteiger partial charge in [-0.05, 0) is 57.0 Å². The molecule has 2 aromatic carbocycles. The standard InChI is InChI=1S/C22H22ClN3O5S/c1-13-20(24-22(27)30-14(2)18-5-3-4-6-19(18)23)21(31-25-13)15-7-9-16(10-8-15)26-32(28,29)17-11-12-17/h3-10,14,17,26H,11-12H2,1-2H3,(H,24,27). The highest BCUT2D eigenvalue weighted by atomic mass is 35.5. The normalized spacial score (nSPS) is 14.6. The van der Waals surface area contributed by atoms with E-state index in [1.807, 2.05) is 6.07 Å². The number of rotatable bonds is 7. The molecule has 1 amide bonds. The van der Waals surface area contributed by atoms with E-state index in [-0.39, 0.29) is 5.25 Å². The first-order valence-corrected chi connectivity index (χ1v) is 12.0. The van der Waals surface area contributed by atoms with E-state index in [1.165, 1.54) is 0 Å². The lowest BCUT2D eigenvalue weighted by Gasteiger charge is -2.15. The zero-order valence-corrected chi connectivity index (χ0v) is 19.0. The van der Waals surface area contributed by atoms with Crippen molar-refractivity contribution in [1.29, 1.82) is 0 Å². The van der Waals surface area contributed by atoms with E-state index in [4.69, 9.17) is 20.9 Å². The molecule has 0 aliphatic heterocycles. The number of ether oxygens (including phenoxy) is 1. The number of hydrogen-bond donors (Lipinski definition) is 2. The second kappa shape index (κ2) is 8.84. The van der Waals surface area contributed by atoms with Gasteiger partial charge in [-0.2, -0.15) is 0 Å². The summed E-state index contributed by atoms with van der Waals surface area (Å²) >= 11 is 6.17. The zero-order chi connectivity index (χ0) is 22.9. The van der Waals surface area contributed by atoms with Crippen molar-refractivity contribution in [1.82, 2.24) is 5.16 Å². The van der Waals surface area contributed by atoms with Crippen LogP contribution in [-0.2, 0) is 14.8 Å². The molecule has 1 unspecified atom stereocenters. The lowest BCUT2D eigenvalue weighted by molar-refractivity contribution is 0.121. The molecule has 8 nitrogen and oxygen atoms in total. The maximum atomic E-state index is 12.5. The van der Waals surface area contributed by atoms with Gasteiger partial charge in [-0.15, -0.1) is 0 Å². The van der Waals surface area contributed by atoms with Gasteiger partial charge < -0.3 is 9.26 Å². The summed E-state index contributed by atoms with van der Waals surface area (Å²) in [7, 11) is -3.34. The predicted octanol–water partition coefficient (Wildman–Crippen LogP) is 5.52. The molecule has 1 aliphatic carbocycles. The van der Waals surface area contributed by atoms with Crippen LogP contribution in [0, 0.1) is 6.92 Å². The minimum atomic E-state index is -3.34. The van der Waals surface area contributed by atoms with Crippen molar-refractivity contribution in [3.05, 3.63) is 64.8 Å². The van der Waals surface area contributed by atoms with Gasteiger partial charge in [-0.3, -0.25) is 10.0 Å². The Morgan fingerprint density at radius 2 is 1.88 bits per heavy atom. The Morgan fingerprint density at radius 1 is 1.19 bits per heavy atom. The fraction of sp³-hybridized carbons (Fsp3) is 0.273. The molecular formula is C22H22ClN3O5S. The number of halogens is 1. The monoisotopic (exact) mass is 475 g/mol. The van der Waals surface area contributed by atoms with Crippen molar-refractivity contribution in [3.8, 4) is 11.3 Å². The smallest absolute Gasteiger partial charge is 0.412 e. The third-order valence-corrected chi connectivity index (χ3v) is 7.30. The molecule has 3 aromatic rings. The van der Waals surface area contributed by atoms with Crippen molar-refractivity contribution >= 4 is 39.1 Å². The molecule has 10 heteroatoms. The van der Waals surface area contributed by atoms with E-state index in [1.54, 1.807) is 56.3 Å². The molecule has 168 valence electrons. The number of aryl methyl sites for hydroxylation is 1. The number of carbonyl (C=O) groups is 1. The fourth-order valence-corrected chi connectivity index (χ4v) is 4.87. The molecule has 4 rings (SSSR count). The number of benzene rings is 2. The molecule has 2 N–H and O–H groups in total. The SMILES string of the molecule is Cc1noc(-c2ccc(NS(=O)(=O)C3CC3)cc2)c1NC(=O)OC(C)c1ccccc1Cl. The summed E-state index contributed by atoms with van der Waals surface area (Å²) in [4.78, 5) is 12.5. The minimum Gasteiger partial charge on any atom is -0.441 e. The number of aromatic nitrogens is 1. The van der Waals surface area contributed by atoms with Crippen LogP contribution in [0.1, 0.15) is 37.1 Å². The first-order chi connectivity index (χ1) is 15.2. The van der Waals surface area contributed by atoms with Crippen LogP contribution in [0.5, 0.6) is 0 Å². The summed E-state index contributed by atoms with van der Waals surface area (Å²) in [5.41, 5.74) is 2.61. The minimum absolute atomic E-state index is 0.311. The Morgan fingerprint density at radius 3 is 2.53 bits per heavy atom. The Hall–Kier alpha value is -3.04. The Labute approximate surface area is 190 Å². The van der Waals surface area contributed by atoms with Crippen LogP contribution in [0.25, 0.3) is 11.3 Å². The quantitative estimate of drug-likeness (QED) is 0.465. The van der Waals surface area contributed by atoms with Gasteiger partial charge in [0.05, 0.1) is 5.25 Å². The molecule has 1 aliphatic rings. The number of nitrogens with one attached hydrogen (secondary N) is 2. The second-order valence-corrected chi connectivity index (χ2v) is 9.96. The maximum Gasteiger partial charge on any atom is 0.412 e. The molecule has 1 saturated carbocycles. The number of carbonyl (C=O) groups excluding carboxylic acids is 1. The van der Waals surface area contributed by atoms with Crippen LogP contribution in [0.3, 0.4) is 0 Å². The first-order valence-electron chi connectivity index (χ1n) is 10.0. The Balaban J connectivity index is 1.47. The molecule has 1 heterocycles. The van der Waals surface area contributed by atoms with Crippen LogP contribution in [0.4, 0.5) is 16.2 Å². The molecule has 0 saturated heterocycles. The van der Waals surface area contributed by atoms with Crippen LogP contribution in [0.15, 0.2) is 53.1 Å². The zero-order valence-electron chi connectivity index (χ0n) is 17.5. The van der Waals surface area contributed by atoms with E-state index in [9.17, 15) is 13.2 Å². The van der Waals surface area contributed by atoms with Crippen LogP contribution in [0.2, 0.25) is 5.02 Å². The lowest BCUT2D eigenvalue weighted by Crippen LogP contribution is -2.17. The van der Waals surface area contributed by atoms with E-state index < -0.39 is 22.2 Å². The van der Waals surface area contributed by atoms with Gasteiger partial charge >= 0.3 is 6.09 Å². The van der Waals surface area contributed by atoms with Gasteiger partial charge in [-0.25, -0.2) is 13.2 Å². The summed E-state index contributed by atoms with van der Waals surface area (Å²) < 4.78 is 37.6. The van der Waals surface area contributed by atoms with E-state index in [2.05, 4.69) is 15.2 Å². The Kier molecular flexibility index (Phi) is 6.12. The second-order valence-electron chi connectivity index (χ2n) is 7.59. The summed E-state index contributed by atoms with van der Waals surface area (Å²) in [5, 5.41) is 6.81. The number of nitrogens with zero attached hydrogens (tertiary/aromatic N) is 1. The molecule has 1 fully saturated rings. The molecule has 1 aromatic heterocycles. The molecule has 1 atom stereocenters. The van der Waals surface area contributed by atoms with Gasteiger partial charge in [0.25, 0.3) is 0 Å². The van der Waals surface area contributed by atoms with Crippen molar-refractivity contribution in [3.63, 3.8) is 0 Å². The highest BCUT2D eigenvalue weighted by Gasteiger charge is 2.35. The number of anilines is 2. The topological polar surface area (TPSA) is 111 Å². The van der Waals surface area contributed by atoms with E-state index >= 15 is 0 Å². The summed E-state index contributed by atoms with van der Waals surface area (Å²) in [6.45, 7) is 3.42. The molecule has 0 bridgehead atoms. The molecule has 32 heavy (non-hydrogen) atoms. The van der Waals surface area contributed by atoms with Crippen molar-refractivity contribution in [2.24, 2.45) is 0 Å². The van der Waals surface area contributed by atoms with Crippen molar-refractivity contribution in [2.45, 2.75) is 38.0 Å². The van der Waals surface area contributed by atoms with Crippen LogP contribution in [-0.4, -0.2) is 24.9 Å². The summed E-state index contributed by atoms with van der Waals surface area (Å²) in [6.07, 6.45) is 0.126. The average Bonchev–Trinajstić information content (AvgIpc) is 3.55. The third kappa shape index (κ3) is 4.89. The number of sulfonamides is 1. The largest absolute Gasteiger partial charge is 0.441 e. The summed E-state index contributed by atoms with van der Waals surface area (Å²) in [6, 6.07) is 13.8. The molecule has 0 radical (unpaired) electrons.